The topological polar surface area (TPSA) is 98.3 Å². The number of hydroxylamine groups is 1. The number of aromatic nitrogens is 2. The highest BCUT2D eigenvalue weighted by molar-refractivity contribution is 6.09. The van der Waals surface area contributed by atoms with Crippen LogP contribution in [0.2, 0.25) is 0 Å². The second-order valence-corrected chi connectivity index (χ2v) is 7.15. The largest absolute Gasteiger partial charge is 0.353 e. The van der Waals surface area contributed by atoms with Crippen molar-refractivity contribution in [3.05, 3.63) is 77.6 Å². The van der Waals surface area contributed by atoms with Gasteiger partial charge in [-0.05, 0) is 36.2 Å². The molecule has 0 saturated heterocycles. The van der Waals surface area contributed by atoms with Crippen LogP contribution < -0.4 is 5.48 Å². The van der Waals surface area contributed by atoms with Gasteiger partial charge in [0.05, 0.1) is 11.7 Å². The Hall–Kier alpha value is -3.71. The van der Waals surface area contributed by atoms with Crippen LogP contribution in [0.3, 0.4) is 0 Å². The molecule has 2 heterocycles. The van der Waals surface area contributed by atoms with Gasteiger partial charge in [-0.1, -0.05) is 37.3 Å². The van der Waals surface area contributed by atoms with Crippen molar-refractivity contribution >= 4 is 33.6 Å². The van der Waals surface area contributed by atoms with E-state index in [2.05, 4.69) is 9.97 Å². The Labute approximate surface area is 173 Å². The highest BCUT2D eigenvalue weighted by Gasteiger charge is 2.18. The Kier molecular flexibility index (Phi) is 5.45. The molecule has 0 aliphatic heterocycles. The predicted molar refractivity (Wildman–Crippen MR) is 114 cm³/mol. The average molecular weight is 402 g/mol. The highest BCUT2D eigenvalue weighted by atomic mass is 16.5. The molecule has 0 aliphatic carbocycles. The Balaban J connectivity index is 1.61. The van der Waals surface area contributed by atoms with Gasteiger partial charge in [0.2, 0.25) is 0 Å². The fraction of sp³-hybridized carbons (Fsp3) is 0.174. The molecule has 4 rings (SSSR count). The maximum atomic E-state index is 13.2. The summed E-state index contributed by atoms with van der Waals surface area (Å²) in [6.45, 7) is 3.01. The predicted octanol–water partition coefficient (Wildman–Crippen LogP) is 3.89. The van der Waals surface area contributed by atoms with Crippen molar-refractivity contribution in [2.45, 2.75) is 19.9 Å². The second kappa shape index (κ2) is 8.34. The van der Waals surface area contributed by atoms with Crippen molar-refractivity contribution in [1.82, 2.24) is 20.3 Å². The lowest BCUT2D eigenvalue weighted by atomic mass is 10.1. The summed E-state index contributed by atoms with van der Waals surface area (Å²) >= 11 is 0. The van der Waals surface area contributed by atoms with Gasteiger partial charge in [-0.15, -0.1) is 0 Å². The molecular weight excluding hydrogens is 380 g/mol. The van der Waals surface area contributed by atoms with E-state index in [4.69, 9.17) is 5.21 Å². The molecule has 0 aliphatic rings. The van der Waals surface area contributed by atoms with Crippen LogP contribution in [0, 0.1) is 0 Å². The van der Waals surface area contributed by atoms with E-state index >= 15 is 0 Å². The van der Waals surface area contributed by atoms with Gasteiger partial charge in [0.15, 0.2) is 0 Å². The number of para-hydroxylation sites is 1. The summed E-state index contributed by atoms with van der Waals surface area (Å²) in [4.78, 5) is 34.2. The summed E-state index contributed by atoms with van der Waals surface area (Å²) in [7, 11) is 0. The molecule has 2 aromatic carbocycles. The lowest BCUT2D eigenvalue weighted by Gasteiger charge is -2.22. The van der Waals surface area contributed by atoms with Crippen LogP contribution in [-0.4, -0.2) is 38.4 Å². The van der Waals surface area contributed by atoms with Crippen molar-refractivity contribution < 1.29 is 14.8 Å². The molecule has 4 aromatic rings. The first kappa shape index (κ1) is 19.6. The van der Waals surface area contributed by atoms with Crippen molar-refractivity contribution in [3.8, 4) is 0 Å². The quantitative estimate of drug-likeness (QED) is 0.337. The Morgan fingerprint density at radius 2 is 1.83 bits per heavy atom. The first-order valence-corrected chi connectivity index (χ1v) is 9.80. The summed E-state index contributed by atoms with van der Waals surface area (Å²) < 4.78 is 0. The normalized spacial score (nSPS) is 11.0. The first-order valence-electron chi connectivity index (χ1n) is 9.80. The molecular formula is C23H22N4O3. The maximum absolute atomic E-state index is 13.2. The number of pyridine rings is 1. The molecule has 0 atom stereocenters. The van der Waals surface area contributed by atoms with Crippen LogP contribution in [0.25, 0.3) is 21.8 Å². The van der Waals surface area contributed by atoms with Gasteiger partial charge in [-0.3, -0.25) is 14.8 Å². The number of nitrogens with zero attached hydrogens (tertiary/aromatic N) is 2. The standard InChI is InChI=1S/C23H22N4O3/c1-2-11-27(14-15-7-9-16(10-8-15)22(28)26-30)23(29)20-12-18-17-5-3-4-6-19(17)25-21(18)13-24-20/h3-10,12-13,25,30H,2,11,14H2,1H3,(H,26,28). The Morgan fingerprint density at radius 3 is 2.57 bits per heavy atom. The van der Waals surface area contributed by atoms with E-state index < -0.39 is 5.91 Å². The fourth-order valence-electron chi connectivity index (χ4n) is 3.60. The molecule has 0 fully saturated rings. The van der Waals surface area contributed by atoms with Gasteiger partial charge in [0.1, 0.15) is 5.69 Å². The summed E-state index contributed by atoms with van der Waals surface area (Å²) in [5, 5.41) is 10.8. The molecule has 30 heavy (non-hydrogen) atoms. The van der Waals surface area contributed by atoms with Crippen LogP contribution in [0.5, 0.6) is 0 Å². The SMILES string of the molecule is CCCN(Cc1ccc(C(=O)NO)cc1)C(=O)c1cc2c(cn1)[nH]c1ccccc12. The second-order valence-electron chi connectivity index (χ2n) is 7.15. The molecule has 2 aromatic heterocycles. The Morgan fingerprint density at radius 1 is 1.07 bits per heavy atom. The minimum absolute atomic E-state index is 0.138. The molecule has 0 unspecified atom stereocenters. The number of carbonyl (C=O) groups is 2. The summed E-state index contributed by atoms with van der Waals surface area (Å²) in [6, 6.07) is 16.6. The number of rotatable bonds is 6. The van der Waals surface area contributed by atoms with Crippen LogP contribution in [0.15, 0.2) is 60.8 Å². The number of amides is 2. The average Bonchev–Trinajstić information content (AvgIpc) is 3.16. The van der Waals surface area contributed by atoms with Crippen LogP contribution in [0.4, 0.5) is 0 Å². The van der Waals surface area contributed by atoms with Crippen molar-refractivity contribution in [2.24, 2.45) is 0 Å². The zero-order valence-electron chi connectivity index (χ0n) is 16.6. The lowest BCUT2D eigenvalue weighted by Crippen LogP contribution is -2.32. The van der Waals surface area contributed by atoms with Gasteiger partial charge in [0, 0.05) is 34.9 Å². The number of H-pyrrole nitrogens is 1. The van der Waals surface area contributed by atoms with Gasteiger partial charge in [-0.25, -0.2) is 10.5 Å². The number of nitrogens with one attached hydrogen (secondary N) is 2. The molecule has 0 spiro atoms. The van der Waals surface area contributed by atoms with Crippen molar-refractivity contribution in [2.75, 3.05) is 6.54 Å². The summed E-state index contributed by atoms with van der Waals surface area (Å²) in [5.41, 5.74) is 5.16. The number of benzene rings is 2. The number of carbonyl (C=O) groups excluding carboxylic acids is 2. The van der Waals surface area contributed by atoms with E-state index in [0.29, 0.717) is 24.3 Å². The molecule has 3 N–H and O–H groups in total. The minimum Gasteiger partial charge on any atom is -0.353 e. The molecule has 2 amide bonds. The lowest BCUT2D eigenvalue weighted by molar-refractivity contribution is 0.0704. The van der Waals surface area contributed by atoms with Crippen LogP contribution >= 0.6 is 0 Å². The van der Waals surface area contributed by atoms with E-state index in [-0.39, 0.29) is 5.91 Å². The van der Waals surface area contributed by atoms with Crippen molar-refractivity contribution in [3.63, 3.8) is 0 Å². The zero-order chi connectivity index (χ0) is 21.1. The van der Waals surface area contributed by atoms with E-state index in [1.165, 1.54) is 0 Å². The van der Waals surface area contributed by atoms with Crippen LogP contribution in [0.1, 0.15) is 39.8 Å². The van der Waals surface area contributed by atoms with Crippen LogP contribution in [-0.2, 0) is 6.54 Å². The van der Waals surface area contributed by atoms with E-state index in [9.17, 15) is 9.59 Å². The van der Waals surface area contributed by atoms with Gasteiger partial charge < -0.3 is 9.88 Å². The third-order valence-electron chi connectivity index (χ3n) is 5.08. The first-order chi connectivity index (χ1) is 14.6. The molecule has 0 bridgehead atoms. The third-order valence-corrected chi connectivity index (χ3v) is 5.08. The number of fused-ring (bicyclic) bond motifs is 3. The summed E-state index contributed by atoms with van der Waals surface area (Å²) in [5.74, 6) is -0.708. The number of aromatic amines is 1. The third kappa shape index (κ3) is 3.75. The molecule has 7 nitrogen and oxygen atoms in total. The maximum Gasteiger partial charge on any atom is 0.274 e. The van der Waals surface area contributed by atoms with Gasteiger partial charge in [-0.2, -0.15) is 0 Å². The smallest absolute Gasteiger partial charge is 0.274 e. The van der Waals surface area contributed by atoms with Gasteiger partial charge in [0.25, 0.3) is 11.8 Å². The van der Waals surface area contributed by atoms with Crippen molar-refractivity contribution in [1.29, 1.82) is 0 Å². The van der Waals surface area contributed by atoms with E-state index in [0.717, 1.165) is 33.8 Å². The Bertz CT molecular complexity index is 1210. The summed E-state index contributed by atoms with van der Waals surface area (Å²) in [6.07, 6.45) is 2.51. The molecule has 152 valence electrons. The minimum atomic E-state index is -0.570. The van der Waals surface area contributed by atoms with Gasteiger partial charge >= 0.3 is 0 Å². The molecule has 7 heteroatoms. The number of hydrogen-bond donors (Lipinski definition) is 3. The van der Waals surface area contributed by atoms with E-state index in [1.54, 1.807) is 40.8 Å². The molecule has 0 saturated carbocycles. The molecule has 0 radical (unpaired) electrons. The fourth-order valence-corrected chi connectivity index (χ4v) is 3.60. The van der Waals surface area contributed by atoms with E-state index in [1.807, 2.05) is 37.3 Å². The number of hydrogen-bond acceptors (Lipinski definition) is 4. The zero-order valence-corrected chi connectivity index (χ0v) is 16.6. The highest BCUT2D eigenvalue weighted by Crippen LogP contribution is 2.25. The monoisotopic (exact) mass is 402 g/mol.